The minimum atomic E-state index is -0.284. The Morgan fingerprint density at radius 2 is 2.33 bits per heavy atom. The summed E-state index contributed by atoms with van der Waals surface area (Å²) in [5.41, 5.74) is 0.941. The highest BCUT2D eigenvalue weighted by molar-refractivity contribution is 6.30. The smallest absolute Gasteiger partial charge is 0.225 e. The van der Waals surface area contributed by atoms with Gasteiger partial charge in [-0.15, -0.1) is 0 Å². The van der Waals surface area contributed by atoms with Crippen LogP contribution in [0.1, 0.15) is 12.0 Å². The lowest BCUT2D eigenvalue weighted by molar-refractivity contribution is -0.129. The molecule has 21 heavy (non-hydrogen) atoms. The molecule has 0 spiro atoms. The van der Waals surface area contributed by atoms with Gasteiger partial charge in [-0.25, -0.2) is 0 Å². The Labute approximate surface area is 129 Å². The zero-order valence-electron chi connectivity index (χ0n) is 12.0. The van der Waals surface area contributed by atoms with Crippen LogP contribution in [0.25, 0.3) is 0 Å². The molecule has 2 rings (SSSR count). The molecule has 1 heterocycles. The summed E-state index contributed by atoms with van der Waals surface area (Å²) < 4.78 is 4.96. The molecular formula is C15H19ClN2O3. The van der Waals surface area contributed by atoms with Gasteiger partial charge in [0, 0.05) is 38.2 Å². The molecule has 5 nitrogen and oxygen atoms in total. The van der Waals surface area contributed by atoms with Gasteiger partial charge in [-0.3, -0.25) is 9.59 Å². The van der Waals surface area contributed by atoms with Crippen molar-refractivity contribution < 1.29 is 14.3 Å². The van der Waals surface area contributed by atoms with Gasteiger partial charge in [0.2, 0.25) is 11.8 Å². The summed E-state index contributed by atoms with van der Waals surface area (Å²) in [4.78, 5) is 25.6. The van der Waals surface area contributed by atoms with Gasteiger partial charge in [0.05, 0.1) is 12.5 Å². The van der Waals surface area contributed by atoms with Crippen molar-refractivity contribution in [3.05, 3.63) is 34.9 Å². The summed E-state index contributed by atoms with van der Waals surface area (Å²) in [5, 5.41) is 3.50. The third-order valence-electron chi connectivity index (χ3n) is 3.51. The van der Waals surface area contributed by atoms with E-state index in [0.717, 1.165) is 5.56 Å². The van der Waals surface area contributed by atoms with Crippen molar-refractivity contribution in [2.75, 3.05) is 26.8 Å². The first-order valence-corrected chi connectivity index (χ1v) is 7.27. The lowest BCUT2D eigenvalue weighted by Gasteiger charge is -2.15. The van der Waals surface area contributed by atoms with Crippen molar-refractivity contribution in [2.24, 2.45) is 5.92 Å². The van der Waals surface area contributed by atoms with Crippen LogP contribution in [-0.4, -0.2) is 43.5 Å². The zero-order chi connectivity index (χ0) is 15.2. The molecule has 0 aliphatic carbocycles. The number of methoxy groups -OCH3 is 1. The predicted octanol–water partition coefficient (Wildman–Crippen LogP) is 1.45. The monoisotopic (exact) mass is 310 g/mol. The summed E-state index contributed by atoms with van der Waals surface area (Å²) >= 11 is 5.90. The fraction of sp³-hybridized carbons (Fsp3) is 0.467. The number of carbonyl (C=O) groups excluding carboxylic acids is 2. The molecule has 1 atom stereocenters. The average Bonchev–Trinajstić information content (AvgIpc) is 2.84. The van der Waals surface area contributed by atoms with Gasteiger partial charge in [0.15, 0.2) is 0 Å². The van der Waals surface area contributed by atoms with E-state index in [-0.39, 0.29) is 24.2 Å². The fourth-order valence-corrected chi connectivity index (χ4v) is 2.56. The molecule has 0 bridgehead atoms. The molecule has 1 aromatic rings. The maximum Gasteiger partial charge on any atom is 0.225 e. The van der Waals surface area contributed by atoms with Gasteiger partial charge < -0.3 is 15.0 Å². The number of amides is 2. The van der Waals surface area contributed by atoms with Crippen LogP contribution in [0, 0.1) is 5.92 Å². The molecule has 1 aliphatic heterocycles. The number of halogens is 1. The topological polar surface area (TPSA) is 58.6 Å². The maximum atomic E-state index is 12.1. The fourth-order valence-electron chi connectivity index (χ4n) is 2.35. The van der Waals surface area contributed by atoms with E-state index in [1.165, 1.54) is 0 Å². The summed E-state index contributed by atoms with van der Waals surface area (Å²) in [7, 11) is 1.59. The number of rotatable bonds is 6. The van der Waals surface area contributed by atoms with Crippen LogP contribution >= 0.6 is 11.6 Å². The number of nitrogens with one attached hydrogen (secondary N) is 1. The molecule has 114 valence electrons. The second-order valence-corrected chi connectivity index (χ2v) is 5.52. The molecular weight excluding hydrogens is 292 g/mol. The van der Waals surface area contributed by atoms with Gasteiger partial charge in [-0.1, -0.05) is 23.7 Å². The Morgan fingerprint density at radius 3 is 3.05 bits per heavy atom. The van der Waals surface area contributed by atoms with E-state index in [9.17, 15) is 9.59 Å². The molecule has 1 N–H and O–H groups in total. The summed E-state index contributed by atoms with van der Waals surface area (Å²) in [5.74, 6) is -0.369. The molecule has 1 aliphatic rings. The highest BCUT2D eigenvalue weighted by atomic mass is 35.5. The Morgan fingerprint density at radius 1 is 1.52 bits per heavy atom. The first-order valence-electron chi connectivity index (χ1n) is 6.89. The molecule has 6 heteroatoms. The maximum absolute atomic E-state index is 12.1. The first kappa shape index (κ1) is 15.8. The highest BCUT2D eigenvalue weighted by Crippen LogP contribution is 2.18. The molecule has 0 radical (unpaired) electrons. The van der Waals surface area contributed by atoms with E-state index in [0.29, 0.717) is 31.3 Å². The van der Waals surface area contributed by atoms with E-state index in [4.69, 9.17) is 16.3 Å². The number of carbonyl (C=O) groups is 2. The molecule has 0 aromatic heterocycles. The summed E-state index contributed by atoms with van der Waals surface area (Å²) in [6.45, 7) is 1.90. The van der Waals surface area contributed by atoms with Crippen molar-refractivity contribution >= 4 is 23.4 Å². The lowest BCUT2D eigenvalue weighted by Crippen LogP contribution is -2.33. The third kappa shape index (κ3) is 4.44. The zero-order valence-corrected chi connectivity index (χ0v) is 12.7. The standard InChI is InChI=1S/C15H19ClN2O3/c1-21-6-5-18-10-12(8-14(18)19)15(20)17-9-11-3-2-4-13(16)7-11/h2-4,7,12H,5-6,8-10H2,1H3,(H,17,20)/t12-/m1/s1. The molecule has 1 fully saturated rings. The van der Waals surface area contributed by atoms with E-state index in [1.54, 1.807) is 18.1 Å². The predicted molar refractivity (Wildman–Crippen MR) is 79.9 cm³/mol. The van der Waals surface area contributed by atoms with E-state index >= 15 is 0 Å². The Bertz CT molecular complexity index is 521. The Hall–Kier alpha value is -1.59. The van der Waals surface area contributed by atoms with E-state index < -0.39 is 0 Å². The van der Waals surface area contributed by atoms with Crippen molar-refractivity contribution in [3.63, 3.8) is 0 Å². The number of nitrogens with zero attached hydrogens (tertiary/aromatic N) is 1. The van der Waals surface area contributed by atoms with Crippen molar-refractivity contribution in [3.8, 4) is 0 Å². The second-order valence-electron chi connectivity index (χ2n) is 5.08. The molecule has 0 saturated carbocycles. The first-order chi connectivity index (χ1) is 10.1. The van der Waals surface area contributed by atoms with Crippen LogP contribution in [-0.2, 0) is 20.9 Å². The largest absolute Gasteiger partial charge is 0.383 e. The number of likely N-dealkylation sites (tertiary alicyclic amines) is 1. The van der Waals surface area contributed by atoms with Crippen LogP contribution < -0.4 is 5.32 Å². The quantitative estimate of drug-likeness (QED) is 0.865. The van der Waals surface area contributed by atoms with Gasteiger partial charge >= 0.3 is 0 Å². The summed E-state index contributed by atoms with van der Waals surface area (Å²) in [6.07, 6.45) is 0.269. The van der Waals surface area contributed by atoms with Gasteiger partial charge in [0.25, 0.3) is 0 Å². The second kappa shape index (κ2) is 7.43. The van der Waals surface area contributed by atoms with Crippen LogP contribution in [0.15, 0.2) is 24.3 Å². The molecule has 2 amide bonds. The number of benzene rings is 1. The minimum Gasteiger partial charge on any atom is -0.383 e. The normalized spacial score (nSPS) is 18.1. The summed E-state index contributed by atoms with van der Waals surface area (Å²) in [6, 6.07) is 7.34. The minimum absolute atomic E-state index is 0.00922. The number of hydrogen-bond donors (Lipinski definition) is 1. The van der Waals surface area contributed by atoms with Gasteiger partial charge in [0.1, 0.15) is 0 Å². The Kier molecular flexibility index (Phi) is 5.59. The molecule has 1 aromatic carbocycles. The third-order valence-corrected chi connectivity index (χ3v) is 3.74. The van der Waals surface area contributed by atoms with Crippen molar-refractivity contribution in [1.29, 1.82) is 0 Å². The average molecular weight is 311 g/mol. The van der Waals surface area contributed by atoms with Crippen LogP contribution in [0.5, 0.6) is 0 Å². The van der Waals surface area contributed by atoms with Crippen LogP contribution in [0.2, 0.25) is 5.02 Å². The van der Waals surface area contributed by atoms with Crippen LogP contribution in [0.4, 0.5) is 0 Å². The molecule has 0 unspecified atom stereocenters. The van der Waals surface area contributed by atoms with Crippen molar-refractivity contribution in [1.82, 2.24) is 10.2 Å². The van der Waals surface area contributed by atoms with Crippen LogP contribution in [0.3, 0.4) is 0 Å². The lowest BCUT2D eigenvalue weighted by atomic mass is 10.1. The van der Waals surface area contributed by atoms with Gasteiger partial charge in [-0.2, -0.15) is 0 Å². The SMILES string of the molecule is COCCN1C[C@H](C(=O)NCc2cccc(Cl)c2)CC1=O. The molecule has 1 saturated heterocycles. The van der Waals surface area contributed by atoms with Gasteiger partial charge in [-0.05, 0) is 17.7 Å². The van der Waals surface area contributed by atoms with E-state index in [1.807, 2.05) is 18.2 Å². The van der Waals surface area contributed by atoms with E-state index in [2.05, 4.69) is 5.32 Å². The highest BCUT2D eigenvalue weighted by Gasteiger charge is 2.33. The van der Waals surface area contributed by atoms with Crippen molar-refractivity contribution in [2.45, 2.75) is 13.0 Å². The number of hydrogen-bond acceptors (Lipinski definition) is 3. The Balaban J connectivity index is 1.83. The number of ether oxygens (including phenoxy) is 1.